The van der Waals surface area contributed by atoms with Gasteiger partial charge in [-0.05, 0) is 42.0 Å². The highest BCUT2D eigenvalue weighted by molar-refractivity contribution is 5.40. The van der Waals surface area contributed by atoms with Gasteiger partial charge in [-0.1, -0.05) is 19.9 Å². The summed E-state index contributed by atoms with van der Waals surface area (Å²) in [6, 6.07) is 6.45. The first-order chi connectivity index (χ1) is 8.17. The average molecular weight is 234 g/mol. The van der Waals surface area contributed by atoms with E-state index in [0.29, 0.717) is 17.9 Å². The van der Waals surface area contributed by atoms with E-state index in [1.54, 1.807) is 7.11 Å². The first-order valence-electron chi connectivity index (χ1n) is 6.37. The largest absolute Gasteiger partial charge is 0.497 e. The standard InChI is InChI=1S/C15H22O2/c1-10(2)15-13-9-12(16-3)7-5-11(13)6-8-14(15)17-4/h5,7,9-10,14-15H,6,8H2,1-4H3. The Bertz CT molecular complexity index is 385. The van der Waals surface area contributed by atoms with Crippen molar-refractivity contribution in [2.75, 3.05) is 14.2 Å². The molecule has 2 atom stereocenters. The Balaban J connectivity index is 2.42. The number of benzene rings is 1. The van der Waals surface area contributed by atoms with Crippen molar-refractivity contribution >= 4 is 0 Å². The number of fused-ring (bicyclic) bond motifs is 1. The van der Waals surface area contributed by atoms with Gasteiger partial charge in [0.25, 0.3) is 0 Å². The Hall–Kier alpha value is -1.02. The molecular weight excluding hydrogens is 212 g/mol. The molecule has 2 unspecified atom stereocenters. The molecule has 2 rings (SSSR count). The summed E-state index contributed by atoms with van der Waals surface area (Å²) in [5.74, 6) is 2.02. The van der Waals surface area contributed by atoms with Crippen molar-refractivity contribution in [3.8, 4) is 5.75 Å². The van der Waals surface area contributed by atoms with Gasteiger partial charge in [0.1, 0.15) is 5.75 Å². The van der Waals surface area contributed by atoms with Gasteiger partial charge in [0, 0.05) is 13.0 Å². The molecule has 0 amide bonds. The highest BCUT2D eigenvalue weighted by Crippen LogP contribution is 2.39. The minimum absolute atomic E-state index is 0.342. The van der Waals surface area contributed by atoms with Crippen LogP contribution >= 0.6 is 0 Å². The summed E-state index contributed by atoms with van der Waals surface area (Å²) in [5.41, 5.74) is 2.87. The van der Waals surface area contributed by atoms with Gasteiger partial charge in [0.2, 0.25) is 0 Å². The van der Waals surface area contributed by atoms with Gasteiger partial charge < -0.3 is 9.47 Å². The lowest BCUT2D eigenvalue weighted by Crippen LogP contribution is -2.30. The van der Waals surface area contributed by atoms with Gasteiger partial charge in [-0.15, -0.1) is 0 Å². The molecule has 2 nitrogen and oxygen atoms in total. The Morgan fingerprint density at radius 3 is 2.59 bits per heavy atom. The van der Waals surface area contributed by atoms with Crippen molar-refractivity contribution in [1.29, 1.82) is 0 Å². The molecule has 0 N–H and O–H groups in total. The second-order valence-electron chi connectivity index (χ2n) is 5.15. The second-order valence-corrected chi connectivity index (χ2v) is 5.15. The normalized spacial score (nSPS) is 23.6. The molecule has 0 aliphatic heterocycles. The highest BCUT2D eigenvalue weighted by Gasteiger charge is 2.31. The zero-order valence-electron chi connectivity index (χ0n) is 11.2. The summed E-state index contributed by atoms with van der Waals surface area (Å²) in [6.45, 7) is 4.54. The number of ether oxygens (including phenoxy) is 2. The SMILES string of the molecule is COc1ccc2c(c1)C(C(C)C)C(OC)CC2. The summed E-state index contributed by atoms with van der Waals surface area (Å²) in [6.07, 6.45) is 2.58. The molecule has 1 aromatic carbocycles. The van der Waals surface area contributed by atoms with Crippen molar-refractivity contribution in [2.24, 2.45) is 5.92 Å². The van der Waals surface area contributed by atoms with Crippen LogP contribution in [0.4, 0.5) is 0 Å². The predicted molar refractivity (Wildman–Crippen MR) is 69.7 cm³/mol. The molecule has 94 valence electrons. The molecule has 1 aliphatic carbocycles. The monoisotopic (exact) mass is 234 g/mol. The Labute approximate surface area is 104 Å². The van der Waals surface area contributed by atoms with Crippen molar-refractivity contribution in [3.63, 3.8) is 0 Å². The summed E-state index contributed by atoms with van der Waals surface area (Å²) in [7, 11) is 3.55. The third kappa shape index (κ3) is 2.32. The van der Waals surface area contributed by atoms with Gasteiger partial charge in [-0.25, -0.2) is 0 Å². The molecule has 17 heavy (non-hydrogen) atoms. The third-order valence-electron chi connectivity index (χ3n) is 3.83. The van der Waals surface area contributed by atoms with Gasteiger partial charge in [0.15, 0.2) is 0 Å². The molecule has 0 aromatic heterocycles. The van der Waals surface area contributed by atoms with Crippen LogP contribution in [0.1, 0.15) is 37.3 Å². The van der Waals surface area contributed by atoms with Gasteiger partial charge in [-0.2, -0.15) is 0 Å². The first kappa shape index (κ1) is 12.4. The fraction of sp³-hybridized carbons (Fsp3) is 0.600. The molecule has 0 fully saturated rings. The Morgan fingerprint density at radius 1 is 1.24 bits per heavy atom. The smallest absolute Gasteiger partial charge is 0.119 e. The van der Waals surface area contributed by atoms with E-state index in [0.717, 1.165) is 18.6 Å². The number of hydrogen-bond acceptors (Lipinski definition) is 2. The van der Waals surface area contributed by atoms with Crippen LogP contribution in [0.3, 0.4) is 0 Å². The first-order valence-corrected chi connectivity index (χ1v) is 6.37. The zero-order chi connectivity index (χ0) is 12.4. The topological polar surface area (TPSA) is 18.5 Å². The van der Waals surface area contributed by atoms with Gasteiger partial charge in [-0.3, -0.25) is 0 Å². The maximum absolute atomic E-state index is 5.65. The molecular formula is C15H22O2. The summed E-state index contributed by atoms with van der Waals surface area (Å²) in [5, 5.41) is 0. The van der Waals surface area contributed by atoms with Crippen LogP contribution < -0.4 is 4.74 Å². The van der Waals surface area contributed by atoms with Gasteiger partial charge >= 0.3 is 0 Å². The fourth-order valence-electron chi connectivity index (χ4n) is 2.97. The van der Waals surface area contributed by atoms with Crippen LogP contribution in [-0.4, -0.2) is 20.3 Å². The van der Waals surface area contributed by atoms with Crippen LogP contribution in [0.25, 0.3) is 0 Å². The van der Waals surface area contributed by atoms with E-state index in [1.165, 1.54) is 11.1 Å². The molecule has 0 bridgehead atoms. The fourth-order valence-corrected chi connectivity index (χ4v) is 2.97. The quantitative estimate of drug-likeness (QED) is 0.798. The van der Waals surface area contributed by atoms with Crippen molar-refractivity contribution < 1.29 is 9.47 Å². The summed E-state index contributed by atoms with van der Waals surface area (Å²) < 4.78 is 11.0. The molecule has 0 saturated carbocycles. The molecule has 0 spiro atoms. The van der Waals surface area contributed by atoms with Crippen LogP contribution in [0, 0.1) is 5.92 Å². The van der Waals surface area contributed by atoms with E-state index in [2.05, 4.69) is 32.0 Å². The van der Waals surface area contributed by atoms with E-state index in [-0.39, 0.29) is 0 Å². The molecule has 1 aromatic rings. The zero-order valence-corrected chi connectivity index (χ0v) is 11.2. The van der Waals surface area contributed by atoms with E-state index in [9.17, 15) is 0 Å². The van der Waals surface area contributed by atoms with Gasteiger partial charge in [0.05, 0.1) is 13.2 Å². The van der Waals surface area contributed by atoms with E-state index < -0.39 is 0 Å². The maximum atomic E-state index is 5.65. The second kappa shape index (κ2) is 5.09. The van der Waals surface area contributed by atoms with Crippen molar-refractivity contribution in [2.45, 2.75) is 38.7 Å². The van der Waals surface area contributed by atoms with E-state index in [4.69, 9.17) is 9.47 Å². The lowest BCUT2D eigenvalue weighted by molar-refractivity contribution is 0.0520. The van der Waals surface area contributed by atoms with Crippen LogP contribution in [-0.2, 0) is 11.2 Å². The number of rotatable bonds is 3. The third-order valence-corrected chi connectivity index (χ3v) is 3.83. The minimum atomic E-state index is 0.342. The summed E-state index contributed by atoms with van der Waals surface area (Å²) >= 11 is 0. The molecule has 0 radical (unpaired) electrons. The number of aryl methyl sites for hydroxylation is 1. The Kier molecular flexibility index (Phi) is 3.72. The lowest BCUT2D eigenvalue weighted by atomic mass is 9.75. The van der Waals surface area contributed by atoms with E-state index in [1.807, 2.05) is 7.11 Å². The molecule has 0 heterocycles. The Morgan fingerprint density at radius 2 is 2.00 bits per heavy atom. The van der Waals surface area contributed by atoms with Crippen LogP contribution in [0.5, 0.6) is 5.75 Å². The number of methoxy groups -OCH3 is 2. The molecule has 1 aliphatic rings. The van der Waals surface area contributed by atoms with E-state index >= 15 is 0 Å². The van der Waals surface area contributed by atoms with Crippen LogP contribution in [0.15, 0.2) is 18.2 Å². The van der Waals surface area contributed by atoms with Crippen LogP contribution in [0.2, 0.25) is 0 Å². The van der Waals surface area contributed by atoms with Crippen molar-refractivity contribution in [1.82, 2.24) is 0 Å². The summed E-state index contributed by atoms with van der Waals surface area (Å²) in [4.78, 5) is 0. The van der Waals surface area contributed by atoms with Crippen molar-refractivity contribution in [3.05, 3.63) is 29.3 Å². The predicted octanol–water partition coefficient (Wildman–Crippen LogP) is 3.40. The number of hydrogen-bond donors (Lipinski definition) is 0. The maximum Gasteiger partial charge on any atom is 0.119 e. The molecule has 0 saturated heterocycles. The molecule has 2 heteroatoms. The average Bonchev–Trinajstić information content (AvgIpc) is 2.36. The lowest BCUT2D eigenvalue weighted by Gasteiger charge is -2.35. The minimum Gasteiger partial charge on any atom is -0.497 e. The highest BCUT2D eigenvalue weighted by atomic mass is 16.5.